The van der Waals surface area contributed by atoms with Crippen molar-refractivity contribution in [2.45, 2.75) is 13.1 Å². The van der Waals surface area contributed by atoms with Crippen molar-refractivity contribution in [2.75, 3.05) is 18.0 Å². The molecule has 1 aliphatic rings. The van der Waals surface area contributed by atoms with Gasteiger partial charge in [0.15, 0.2) is 6.54 Å². The third kappa shape index (κ3) is 3.00. The number of anilines is 1. The normalized spacial score (nSPS) is 19.5. The van der Waals surface area contributed by atoms with E-state index in [1.807, 2.05) is 0 Å². The van der Waals surface area contributed by atoms with Gasteiger partial charge in [0.2, 0.25) is 5.69 Å². The molecule has 1 aliphatic heterocycles. The number of nitrogens with zero attached hydrogens (tertiary/aromatic N) is 4. The molecule has 0 spiro atoms. The van der Waals surface area contributed by atoms with Crippen molar-refractivity contribution >= 4 is 34.3 Å². The summed E-state index contributed by atoms with van der Waals surface area (Å²) in [5, 5.41) is 0.521. The smallest absolute Gasteiger partial charge is 0.345 e. The molecule has 0 aliphatic carbocycles. The van der Waals surface area contributed by atoms with Gasteiger partial charge >= 0.3 is 18.2 Å². The minimum Gasteiger partial charge on any atom is -0.345 e. The number of benzene rings is 1. The first kappa shape index (κ1) is 19.9. The maximum Gasteiger partial charge on any atom is 0.497 e. The lowest BCUT2D eigenvalue weighted by atomic mass is 10.2. The van der Waals surface area contributed by atoms with E-state index in [9.17, 15) is 22.8 Å². The lowest BCUT2D eigenvalue weighted by Gasteiger charge is -2.26. The number of fused-ring (bicyclic) bond motifs is 1. The standard InChI is InChI=1S/C20H18F3N4O3/c1-13-7-8-24-11-16(13)26-9-10-27(19(26)29,30-18(28)20(21,22)23)17-12-25(2)15-6-4-3-5-14(15)17/h3-8,11-12H,9-10H2,1-2H3/q+1. The first-order chi connectivity index (χ1) is 14.1. The van der Waals surface area contributed by atoms with Crippen LogP contribution in [0.5, 0.6) is 0 Å². The number of carbonyl (C=O) groups excluding carboxylic acids is 2. The van der Waals surface area contributed by atoms with Crippen LogP contribution in [0.2, 0.25) is 0 Å². The van der Waals surface area contributed by atoms with Crippen LogP contribution in [0.3, 0.4) is 0 Å². The average Bonchev–Trinajstić information content (AvgIpc) is 3.20. The summed E-state index contributed by atoms with van der Waals surface area (Å²) < 4.78 is 39.7. The summed E-state index contributed by atoms with van der Waals surface area (Å²) >= 11 is 0. The highest BCUT2D eigenvalue weighted by atomic mass is 19.4. The van der Waals surface area contributed by atoms with Crippen LogP contribution in [-0.2, 0) is 16.7 Å². The average molecular weight is 419 g/mol. The summed E-state index contributed by atoms with van der Waals surface area (Å²) in [7, 11) is 1.71. The summed E-state index contributed by atoms with van der Waals surface area (Å²) in [6.07, 6.45) is -0.711. The Labute approximate surface area is 169 Å². The van der Waals surface area contributed by atoms with Gasteiger partial charge in [-0.15, -0.1) is 0 Å². The van der Waals surface area contributed by atoms with Crippen molar-refractivity contribution in [3.05, 3.63) is 54.5 Å². The van der Waals surface area contributed by atoms with Gasteiger partial charge < -0.3 is 4.57 Å². The molecule has 1 aromatic carbocycles. The molecule has 1 unspecified atom stereocenters. The molecule has 0 N–H and O–H groups in total. The fourth-order valence-electron chi connectivity index (χ4n) is 3.75. The van der Waals surface area contributed by atoms with Gasteiger partial charge in [0.05, 0.1) is 35.5 Å². The molecule has 0 saturated carbocycles. The molecule has 7 nitrogen and oxygen atoms in total. The number of halogens is 3. The minimum atomic E-state index is -5.24. The van der Waals surface area contributed by atoms with E-state index in [1.165, 1.54) is 17.3 Å². The number of urea groups is 1. The van der Waals surface area contributed by atoms with Crippen molar-refractivity contribution in [3.8, 4) is 0 Å². The highest BCUT2D eigenvalue weighted by molar-refractivity contribution is 6.07. The zero-order valence-electron chi connectivity index (χ0n) is 16.2. The van der Waals surface area contributed by atoms with E-state index in [0.29, 0.717) is 16.6 Å². The Bertz CT molecular complexity index is 1160. The number of carbonyl (C=O) groups is 2. The maximum atomic E-state index is 13.5. The van der Waals surface area contributed by atoms with Crippen LogP contribution in [-0.4, -0.2) is 40.8 Å². The number of alkyl halides is 3. The first-order valence-electron chi connectivity index (χ1n) is 9.11. The number of pyridine rings is 1. The van der Waals surface area contributed by atoms with Crippen molar-refractivity contribution in [1.82, 2.24) is 14.2 Å². The van der Waals surface area contributed by atoms with Crippen molar-refractivity contribution < 1.29 is 27.6 Å². The van der Waals surface area contributed by atoms with Crippen molar-refractivity contribution in [1.29, 1.82) is 0 Å². The molecule has 1 fully saturated rings. The highest BCUT2D eigenvalue weighted by Crippen LogP contribution is 2.40. The second-order valence-corrected chi connectivity index (χ2v) is 7.08. The molecular formula is C20H18F3N4O3+. The Kier molecular flexibility index (Phi) is 4.53. The van der Waals surface area contributed by atoms with E-state index >= 15 is 0 Å². The van der Waals surface area contributed by atoms with E-state index in [4.69, 9.17) is 4.84 Å². The summed E-state index contributed by atoms with van der Waals surface area (Å²) in [4.78, 5) is 35.6. The largest absolute Gasteiger partial charge is 0.497 e. The molecule has 1 atom stereocenters. The lowest BCUT2D eigenvalue weighted by molar-refractivity contribution is -0.223. The Morgan fingerprint density at radius 3 is 2.67 bits per heavy atom. The van der Waals surface area contributed by atoms with E-state index in [-0.39, 0.29) is 18.8 Å². The molecule has 156 valence electrons. The number of aromatic nitrogens is 2. The van der Waals surface area contributed by atoms with Gasteiger partial charge in [0.25, 0.3) is 0 Å². The number of quaternary nitrogens is 1. The number of para-hydroxylation sites is 1. The topological polar surface area (TPSA) is 64.4 Å². The summed E-state index contributed by atoms with van der Waals surface area (Å²) in [6.45, 7) is 1.64. The number of hydrogen-bond donors (Lipinski definition) is 0. The van der Waals surface area contributed by atoms with E-state index < -0.39 is 22.8 Å². The number of rotatable bonds is 3. The SMILES string of the molecule is Cc1ccncc1N1CC[N+](OC(=O)C(F)(F)F)(c2cn(C)c3ccccc23)C1=O. The minimum absolute atomic E-state index is 0.0553. The van der Waals surface area contributed by atoms with Gasteiger partial charge in [-0.2, -0.15) is 13.2 Å². The fourth-order valence-corrected chi connectivity index (χ4v) is 3.75. The van der Waals surface area contributed by atoms with Crippen LogP contribution < -0.4 is 9.55 Å². The molecule has 3 aromatic rings. The van der Waals surface area contributed by atoms with Crippen LogP contribution in [0, 0.1) is 6.92 Å². The van der Waals surface area contributed by atoms with Gasteiger partial charge in [-0.3, -0.25) is 14.7 Å². The van der Waals surface area contributed by atoms with Gasteiger partial charge in [-0.05, 0) is 35.3 Å². The second-order valence-electron chi connectivity index (χ2n) is 7.08. The van der Waals surface area contributed by atoms with Crippen LogP contribution >= 0.6 is 0 Å². The Balaban J connectivity index is 1.89. The number of amides is 2. The van der Waals surface area contributed by atoms with Crippen LogP contribution in [0.1, 0.15) is 5.56 Å². The molecule has 30 heavy (non-hydrogen) atoms. The zero-order valence-corrected chi connectivity index (χ0v) is 16.2. The molecule has 1 saturated heterocycles. The van der Waals surface area contributed by atoms with E-state index in [2.05, 4.69) is 4.98 Å². The van der Waals surface area contributed by atoms with E-state index in [1.54, 1.807) is 55.1 Å². The first-order valence-corrected chi connectivity index (χ1v) is 9.11. The predicted octanol–water partition coefficient (Wildman–Crippen LogP) is 3.85. The molecular weight excluding hydrogens is 401 g/mol. The van der Waals surface area contributed by atoms with Gasteiger partial charge in [0, 0.05) is 13.2 Å². The number of hydrogen-bond acceptors (Lipinski definition) is 4. The monoisotopic (exact) mass is 419 g/mol. The third-order valence-corrected chi connectivity index (χ3v) is 5.22. The molecule has 10 heteroatoms. The third-order valence-electron chi connectivity index (χ3n) is 5.22. The summed E-state index contributed by atoms with van der Waals surface area (Å²) in [5.41, 5.74) is 2.03. The lowest BCUT2D eigenvalue weighted by Crippen LogP contribution is -2.55. The van der Waals surface area contributed by atoms with Crippen molar-refractivity contribution in [3.63, 3.8) is 0 Å². The predicted molar refractivity (Wildman–Crippen MR) is 103 cm³/mol. The number of hydroxylamine groups is 2. The van der Waals surface area contributed by atoms with Crippen LogP contribution in [0.4, 0.5) is 29.3 Å². The summed E-state index contributed by atoms with van der Waals surface area (Å²) in [5.74, 6) is -2.42. The second kappa shape index (κ2) is 6.84. The molecule has 3 heterocycles. The molecule has 4 rings (SSSR count). The highest BCUT2D eigenvalue weighted by Gasteiger charge is 2.59. The molecule has 0 radical (unpaired) electrons. The van der Waals surface area contributed by atoms with Gasteiger partial charge in [-0.25, -0.2) is 9.59 Å². The van der Waals surface area contributed by atoms with E-state index in [0.717, 1.165) is 5.56 Å². The molecule has 2 amide bonds. The Morgan fingerprint density at radius 2 is 1.97 bits per heavy atom. The Hall–Kier alpha value is -3.40. The molecule has 0 bridgehead atoms. The zero-order chi connectivity index (χ0) is 21.7. The van der Waals surface area contributed by atoms with Gasteiger partial charge in [-0.1, -0.05) is 12.1 Å². The Morgan fingerprint density at radius 1 is 1.23 bits per heavy atom. The van der Waals surface area contributed by atoms with Crippen LogP contribution in [0.15, 0.2) is 48.9 Å². The fraction of sp³-hybridized carbons (Fsp3) is 0.250. The van der Waals surface area contributed by atoms with Gasteiger partial charge in [0.1, 0.15) is 0 Å². The van der Waals surface area contributed by atoms with Crippen molar-refractivity contribution in [2.24, 2.45) is 7.05 Å². The summed E-state index contributed by atoms with van der Waals surface area (Å²) in [6, 6.07) is 7.82. The maximum absolute atomic E-state index is 13.5. The van der Waals surface area contributed by atoms with Crippen LogP contribution in [0.25, 0.3) is 10.9 Å². The molecule has 2 aromatic heterocycles. The quantitative estimate of drug-likeness (QED) is 0.605. The number of aryl methyl sites for hydroxylation is 2.